The van der Waals surface area contributed by atoms with Gasteiger partial charge in [-0.15, -0.1) is 0 Å². The number of pyridine rings is 1. The minimum absolute atomic E-state index is 0.253. The summed E-state index contributed by atoms with van der Waals surface area (Å²) < 4.78 is 5.72. The van der Waals surface area contributed by atoms with Gasteiger partial charge in [-0.3, -0.25) is 9.88 Å². The van der Waals surface area contributed by atoms with E-state index in [0.717, 1.165) is 42.0 Å². The van der Waals surface area contributed by atoms with Crippen LogP contribution in [0, 0.1) is 6.92 Å². The summed E-state index contributed by atoms with van der Waals surface area (Å²) in [5.41, 5.74) is 3.87. The molecule has 0 bridgehead atoms. The normalized spacial score (nSPS) is 18.2. The predicted molar refractivity (Wildman–Crippen MR) is 91.8 cm³/mol. The first-order valence-corrected chi connectivity index (χ1v) is 8.34. The van der Waals surface area contributed by atoms with Gasteiger partial charge in [0.15, 0.2) is 0 Å². The van der Waals surface area contributed by atoms with Crippen LogP contribution >= 0.6 is 0 Å². The molecule has 1 aliphatic rings. The third kappa shape index (κ3) is 4.32. The Kier molecular flexibility index (Phi) is 5.45. The summed E-state index contributed by atoms with van der Waals surface area (Å²) in [5.74, 6) is 0.253. The van der Waals surface area contributed by atoms with Gasteiger partial charge >= 0.3 is 0 Å². The van der Waals surface area contributed by atoms with Gasteiger partial charge in [-0.2, -0.15) is 0 Å². The number of aliphatic hydroxyl groups excluding tert-OH is 1. The molecule has 1 aromatic heterocycles. The number of benzene rings is 1. The lowest BCUT2D eigenvalue weighted by molar-refractivity contribution is 0.0687. The molecular formula is C19H24N2O3. The van der Waals surface area contributed by atoms with E-state index in [0.29, 0.717) is 19.8 Å². The molecule has 1 aromatic carbocycles. The van der Waals surface area contributed by atoms with Gasteiger partial charge in [0, 0.05) is 25.3 Å². The van der Waals surface area contributed by atoms with E-state index >= 15 is 0 Å². The van der Waals surface area contributed by atoms with E-state index < -0.39 is 6.10 Å². The number of ether oxygens (including phenoxy) is 1. The smallest absolute Gasteiger partial charge is 0.115 e. The van der Waals surface area contributed by atoms with Gasteiger partial charge in [0.1, 0.15) is 5.75 Å². The molecule has 2 aromatic rings. The molecule has 2 heterocycles. The first kappa shape index (κ1) is 16.9. The van der Waals surface area contributed by atoms with Crippen LogP contribution < -0.4 is 0 Å². The molecular weight excluding hydrogens is 304 g/mol. The summed E-state index contributed by atoms with van der Waals surface area (Å²) in [4.78, 5) is 6.62. The molecule has 0 fully saturated rings. The number of β-amino-alcohol motifs (C(OH)–C–C–N with tert-alkyl or cyclic N) is 1. The summed E-state index contributed by atoms with van der Waals surface area (Å²) in [6.45, 7) is 5.28. The average molecular weight is 328 g/mol. The standard InChI is InChI=1S/C19H24N2O3/c1-14-3-2-4-16(20-14)13-24-10-9-21-8-7-15-11-17(22)5-6-18(15)19(23)12-21/h2-6,11,19,22-23H,7-10,12-13H2,1H3. The predicted octanol–water partition coefficient (Wildman–Crippen LogP) is 2.20. The molecule has 1 atom stereocenters. The second-order valence-electron chi connectivity index (χ2n) is 6.27. The van der Waals surface area contributed by atoms with Crippen LogP contribution in [-0.4, -0.2) is 46.3 Å². The van der Waals surface area contributed by atoms with E-state index in [1.165, 1.54) is 0 Å². The zero-order chi connectivity index (χ0) is 16.9. The first-order valence-electron chi connectivity index (χ1n) is 8.34. The third-order valence-corrected chi connectivity index (χ3v) is 4.36. The number of phenols is 1. The van der Waals surface area contributed by atoms with Crippen LogP contribution in [0.25, 0.3) is 0 Å². The Labute approximate surface area is 142 Å². The number of aliphatic hydroxyl groups is 1. The van der Waals surface area contributed by atoms with Crippen molar-refractivity contribution in [1.82, 2.24) is 9.88 Å². The minimum Gasteiger partial charge on any atom is -0.508 e. The highest BCUT2D eigenvalue weighted by Crippen LogP contribution is 2.26. The van der Waals surface area contributed by atoms with Crippen LogP contribution in [0.2, 0.25) is 0 Å². The van der Waals surface area contributed by atoms with Gasteiger partial charge in [0.25, 0.3) is 0 Å². The summed E-state index contributed by atoms with van der Waals surface area (Å²) in [7, 11) is 0. The number of fused-ring (bicyclic) bond motifs is 1. The van der Waals surface area contributed by atoms with Crippen molar-refractivity contribution in [3.63, 3.8) is 0 Å². The van der Waals surface area contributed by atoms with Crippen LogP contribution in [-0.2, 0) is 17.8 Å². The number of aromatic nitrogens is 1. The number of aromatic hydroxyl groups is 1. The second-order valence-corrected chi connectivity index (χ2v) is 6.27. The van der Waals surface area contributed by atoms with E-state index in [2.05, 4.69) is 9.88 Å². The van der Waals surface area contributed by atoms with E-state index in [1.54, 1.807) is 12.1 Å². The number of aryl methyl sites for hydroxylation is 1. The molecule has 24 heavy (non-hydrogen) atoms. The largest absolute Gasteiger partial charge is 0.508 e. The molecule has 0 saturated heterocycles. The molecule has 0 amide bonds. The zero-order valence-corrected chi connectivity index (χ0v) is 14.0. The van der Waals surface area contributed by atoms with E-state index in [-0.39, 0.29) is 5.75 Å². The fraction of sp³-hybridized carbons (Fsp3) is 0.421. The zero-order valence-electron chi connectivity index (χ0n) is 14.0. The van der Waals surface area contributed by atoms with Crippen LogP contribution in [0.4, 0.5) is 0 Å². The second kappa shape index (κ2) is 7.75. The highest BCUT2D eigenvalue weighted by Gasteiger charge is 2.21. The minimum atomic E-state index is -0.526. The summed E-state index contributed by atoms with van der Waals surface area (Å²) in [5, 5.41) is 20.0. The molecule has 0 saturated carbocycles. The molecule has 0 spiro atoms. The lowest BCUT2D eigenvalue weighted by Crippen LogP contribution is -2.31. The van der Waals surface area contributed by atoms with Crippen molar-refractivity contribution in [1.29, 1.82) is 0 Å². The first-order chi connectivity index (χ1) is 11.6. The molecule has 3 rings (SSSR count). The number of phenolic OH excluding ortho intramolecular Hbond substituents is 1. The Morgan fingerprint density at radius 2 is 2.17 bits per heavy atom. The van der Waals surface area contributed by atoms with Gasteiger partial charge in [-0.1, -0.05) is 12.1 Å². The number of rotatable bonds is 5. The third-order valence-electron chi connectivity index (χ3n) is 4.36. The molecule has 0 radical (unpaired) electrons. The Bertz CT molecular complexity index is 690. The van der Waals surface area contributed by atoms with Crippen molar-refractivity contribution in [3.8, 4) is 5.75 Å². The van der Waals surface area contributed by atoms with Crippen molar-refractivity contribution >= 4 is 0 Å². The van der Waals surface area contributed by atoms with Crippen molar-refractivity contribution in [2.75, 3.05) is 26.2 Å². The molecule has 128 valence electrons. The van der Waals surface area contributed by atoms with Crippen LogP contribution in [0.15, 0.2) is 36.4 Å². The van der Waals surface area contributed by atoms with Gasteiger partial charge in [0.2, 0.25) is 0 Å². The maximum Gasteiger partial charge on any atom is 0.115 e. The van der Waals surface area contributed by atoms with Crippen LogP contribution in [0.5, 0.6) is 5.75 Å². The molecule has 1 unspecified atom stereocenters. The SMILES string of the molecule is Cc1cccc(COCCN2CCc3cc(O)ccc3C(O)C2)n1. The van der Waals surface area contributed by atoms with Gasteiger partial charge in [0.05, 0.1) is 25.0 Å². The van der Waals surface area contributed by atoms with Crippen molar-refractivity contribution in [2.24, 2.45) is 0 Å². The van der Waals surface area contributed by atoms with Crippen molar-refractivity contribution in [2.45, 2.75) is 26.1 Å². The highest BCUT2D eigenvalue weighted by atomic mass is 16.5. The van der Waals surface area contributed by atoms with E-state index in [1.807, 2.05) is 31.2 Å². The number of hydrogen-bond acceptors (Lipinski definition) is 5. The maximum atomic E-state index is 10.4. The van der Waals surface area contributed by atoms with Gasteiger partial charge in [-0.25, -0.2) is 0 Å². The Morgan fingerprint density at radius 3 is 3.00 bits per heavy atom. The van der Waals surface area contributed by atoms with Crippen molar-refractivity contribution < 1.29 is 14.9 Å². The highest BCUT2D eigenvalue weighted by molar-refractivity contribution is 5.37. The molecule has 2 N–H and O–H groups in total. The molecule has 5 heteroatoms. The van der Waals surface area contributed by atoms with E-state index in [4.69, 9.17) is 4.74 Å². The monoisotopic (exact) mass is 328 g/mol. The molecule has 0 aliphatic carbocycles. The van der Waals surface area contributed by atoms with E-state index in [9.17, 15) is 10.2 Å². The average Bonchev–Trinajstić information content (AvgIpc) is 2.70. The van der Waals surface area contributed by atoms with Gasteiger partial charge in [-0.05, 0) is 48.7 Å². The summed E-state index contributed by atoms with van der Waals surface area (Å²) in [6, 6.07) is 11.1. The molecule has 1 aliphatic heterocycles. The lowest BCUT2D eigenvalue weighted by Gasteiger charge is -2.21. The Morgan fingerprint density at radius 1 is 1.29 bits per heavy atom. The lowest BCUT2D eigenvalue weighted by atomic mass is 10.0. The number of nitrogens with zero attached hydrogens (tertiary/aromatic N) is 2. The molecule has 5 nitrogen and oxygen atoms in total. The maximum absolute atomic E-state index is 10.4. The van der Waals surface area contributed by atoms with Crippen molar-refractivity contribution in [3.05, 3.63) is 58.9 Å². The quantitative estimate of drug-likeness (QED) is 0.824. The topological polar surface area (TPSA) is 65.8 Å². The van der Waals surface area contributed by atoms with Gasteiger partial charge < -0.3 is 14.9 Å². The summed E-state index contributed by atoms with van der Waals surface area (Å²) in [6.07, 6.45) is 0.293. The summed E-state index contributed by atoms with van der Waals surface area (Å²) >= 11 is 0. The number of hydrogen-bond donors (Lipinski definition) is 2. The fourth-order valence-electron chi connectivity index (χ4n) is 3.10. The Balaban J connectivity index is 1.49. The van der Waals surface area contributed by atoms with Crippen LogP contribution in [0.3, 0.4) is 0 Å². The van der Waals surface area contributed by atoms with Crippen LogP contribution in [0.1, 0.15) is 28.6 Å². The Hall–Kier alpha value is -1.95. The fourth-order valence-corrected chi connectivity index (χ4v) is 3.10.